The van der Waals surface area contributed by atoms with Gasteiger partial charge in [0.05, 0.1) is 31.3 Å². The Bertz CT molecular complexity index is 1350. The summed E-state index contributed by atoms with van der Waals surface area (Å²) >= 11 is 0. The molecule has 0 heterocycles. The van der Waals surface area contributed by atoms with Crippen molar-refractivity contribution in [2.45, 2.75) is 56.6 Å². The Kier molecular flexibility index (Phi) is 10.7. The molecule has 0 N–H and O–H groups in total. The third-order valence-corrected chi connectivity index (χ3v) is 8.79. The lowest BCUT2D eigenvalue weighted by Gasteiger charge is -2.24. The maximum Gasteiger partial charge on any atom is 0.305 e. The second-order valence-corrected chi connectivity index (χ2v) is 11.9. The van der Waals surface area contributed by atoms with Crippen LogP contribution in [0.3, 0.4) is 0 Å². The molecule has 0 saturated heterocycles. The molecule has 0 aliphatic heterocycles. The van der Waals surface area contributed by atoms with Crippen LogP contribution in [0.1, 0.15) is 43.2 Å². The standard InChI is InChI=1S/C33H38O6S/c1-25-13-20-30(21-14-25)40(35,36)39-24-29-19-22-32(31(29)11-7-4-8-12-33(34)37-2)38-23-26-15-17-28(18-16-26)27-9-5-3-6-10-27/h3-7,9-10,13-18,20-21,29,31-32H,8,11-12,19,22-24H2,1-2H3/t29-,31-,32+/m1/s1. The van der Waals surface area contributed by atoms with Crippen LogP contribution in [-0.4, -0.2) is 34.2 Å². The number of aryl methyl sites for hydroxylation is 1. The zero-order chi connectivity index (χ0) is 28.4. The number of hydrogen-bond acceptors (Lipinski definition) is 6. The van der Waals surface area contributed by atoms with Gasteiger partial charge in [-0.05, 0) is 73.3 Å². The van der Waals surface area contributed by atoms with E-state index < -0.39 is 10.1 Å². The van der Waals surface area contributed by atoms with Crippen LogP contribution in [0.5, 0.6) is 0 Å². The molecule has 0 aromatic heterocycles. The smallest absolute Gasteiger partial charge is 0.305 e. The van der Waals surface area contributed by atoms with E-state index in [9.17, 15) is 13.2 Å². The van der Waals surface area contributed by atoms with Crippen molar-refractivity contribution in [3.8, 4) is 11.1 Å². The lowest BCUT2D eigenvalue weighted by atomic mass is 9.92. The summed E-state index contributed by atoms with van der Waals surface area (Å²) in [5.41, 5.74) is 4.41. The van der Waals surface area contributed by atoms with E-state index in [4.69, 9.17) is 13.7 Å². The monoisotopic (exact) mass is 562 g/mol. The number of ether oxygens (including phenoxy) is 2. The van der Waals surface area contributed by atoms with Crippen molar-refractivity contribution >= 4 is 16.1 Å². The first kappa shape index (κ1) is 29.7. The second kappa shape index (κ2) is 14.4. The lowest BCUT2D eigenvalue weighted by molar-refractivity contribution is -0.140. The number of esters is 1. The molecule has 6 nitrogen and oxygen atoms in total. The largest absolute Gasteiger partial charge is 0.469 e. The summed E-state index contributed by atoms with van der Waals surface area (Å²) in [4.78, 5) is 11.6. The Morgan fingerprint density at radius 1 is 0.900 bits per heavy atom. The number of carbonyl (C=O) groups is 1. The Morgan fingerprint density at radius 2 is 1.60 bits per heavy atom. The predicted octanol–water partition coefficient (Wildman–Crippen LogP) is 6.88. The Labute approximate surface area is 238 Å². The van der Waals surface area contributed by atoms with Crippen molar-refractivity contribution in [3.63, 3.8) is 0 Å². The summed E-state index contributed by atoms with van der Waals surface area (Å²) in [7, 11) is -2.45. The average molecular weight is 563 g/mol. The molecule has 3 atom stereocenters. The molecule has 7 heteroatoms. The highest BCUT2D eigenvalue weighted by atomic mass is 32.2. The third-order valence-electron chi connectivity index (χ3n) is 7.49. The molecule has 40 heavy (non-hydrogen) atoms. The Hall–Kier alpha value is -3.26. The molecular weight excluding hydrogens is 524 g/mol. The molecule has 1 aliphatic rings. The van der Waals surface area contributed by atoms with Crippen molar-refractivity contribution in [2.24, 2.45) is 11.8 Å². The van der Waals surface area contributed by atoms with Gasteiger partial charge in [-0.1, -0.05) is 84.4 Å². The van der Waals surface area contributed by atoms with Gasteiger partial charge in [-0.25, -0.2) is 0 Å². The van der Waals surface area contributed by atoms with Crippen LogP contribution >= 0.6 is 0 Å². The zero-order valence-electron chi connectivity index (χ0n) is 23.2. The molecule has 1 saturated carbocycles. The van der Waals surface area contributed by atoms with Gasteiger partial charge < -0.3 is 9.47 Å². The van der Waals surface area contributed by atoms with E-state index in [2.05, 4.69) is 42.5 Å². The quantitative estimate of drug-likeness (QED) is 0.128. The number of allylic oxidation sites excluding steroid dienone is 2. The van der Waals surface area contributed by atoms with Gasteiger partial charge in [0.15, 0.2) is 0 Å². The van der Waals surface area contributed by atoms with Gasteiger partial charge in [-0.15, -0.1) is 0 Å². The average Bonchev–Trinajstić information content (AvgIpc) is 3.37. The first-order valence-electron chi connectivity index (χ1n) is 13.8. The van der Waals surface area contributed by atoms with Gasteiger partial charge in [0.2, 0.25) is 0 Å². The summed E-state index contributed by atoms with van der Waals surface area (Å²) in [6.45, 7) is 2.51. The fourth-order valence-corrected chi connectivity index (χ4v) is 6.08. The summed E-state index contributed by atoms with van der Waals surface area (Å²) in [6, 6.07) is 25.3. The minimum absolute atomic E-state index is 0.0188. The fraction of sp³-hybridized carbons (Fsp3) is 0.364. The van der Waals surface area contributed by atoms with E-state index in [0.717, 1.165) is 36.0 Å². The van der Waals surface area contributed by atoms with Crippen molar-refractivity contribution in [1.82, 2.24) is 0 Å². The summed E-state index contributed by atoms with van der Waals surface area (Å²) in [6.07, 6.45) is 7.33. The van der Waals surface area contributed by atoms with Crippen LogP contribution in [0.15, 0.2) is 95.9 Å². The molecule has 1 aliphatic carbocycles. The van der Waals surface area contributed by atoms with Crippen molar-refractivity contribution in [3.05, 3.63) is 102 Å². The van der Waals surface area contributed by atoms with E-state index in [1.54, 1.807) is 24.3 Å². The number of rotatable bonds is 13. The highest BCUT2D eigenvalue weighted by molar-refractivity contribution is 7.86. The summed E-state index contributed by atoms with van der Waals surface area (Å²) < 4.78 is 42.3. The Morgan fingerprint density at radius 3 is 2.30 bits per heavy atom. The molecule has 212 valence electrons. The minimum Gasteiger partial charge on any atom is -0.469 e. The van der Waals surface area contributed by atoms with E-state index in [1.807, 2.05) is 31.2 Å². The van der Waals surface area contributed by atoms with E-state index in [-0.39, 0.29) is 35.4 Å². The molecule has 0 bridgehead atoms. The molecule has 3 aromatic rings. The van der Waals surface area contributed by atoms with Crippen molar-refractivity contribution in [1.29, 1.82) is 0 Å². The van der Waals surface area contributed by atoms with Crippen LogP contribution in [-0.2, 0) is 35.2 Å². The van der Waals surface area contributed by atoms with Crippen LogP contribution in [0.25, 0.3) is 11.1 Å². The zero-order valence-corrected chi connectivity index (χ0v) is 24.0. The summed E-state index contributed by atoms with van der Waals surface area (Å²) in [5, 5.41) is 0. The van der Waals surface area contributed by atoms with Crippen molar-refractivity contribution in [2.75, 3.05) is 13.7 Å². The maximum atomic E-state index is 12.8. The number of benzene rings is 3. The lowest BCUT2D eigenvalue weighted by Crippen LogP contribution is -2.25. The fourth-order valence-electron chi connectivity index (χ4n) is 5.12. The van der Waals surface area contributed by atoms with Crippen LogP contribution in [0.4, 0.5) is 0 Å². The van der Waals surface area contributed by atoms with Gasteiger partial charge in [0.25, 0.3) is 10.1 Å². The highest BCUT2D eigenvalue weighted by Crippen LogP contribution is 2.38. The van der Waals surface area contributed by atoms with Gasteiger partial charge in [-0.2, -0.15) is 8.42 Å². The molecule has 0 amide bonds. The van der Waals surface area contributed by atoms with Crippen molar-refractivity contribution < 1.29 is 26.9 Å². The molecule has 0 radical (unpaired) electrons. The molecular formula is C33H38O6S. The molecule has 0 unspecified atom stereocenters. The van der Waals surface area contributed by atoms with Gasteiger partial charge in [0.1, 0.15) is 0 Å². The van der Waals surface area contributed by atoms with Crippen LogP contribution in [0.2, 0.25) is 0 Å². The molecule has 3 aromatic carbocycles. The van der Waals surface area contributed by atoms with Crippen LogP contribution < -0.4 is 0 Å². The highest BCUT2D eigenvalue weighted by Gasteiger charge is 2.37. The SMILES string of the molecule is COC(=O)CCC=CC[C@@H]1[C@@H](COS(=O)(=O)c2ccc(C)cc2)CC[C@@H]1OCc1ccc(-c2ccccc2)cc1. The van der Waals surface area contributed by atoms with E-state index >= 15 is 0 Å². The number of hydrogen-bond donors (Lipinski definition) is 0. The van der Waals surface area contributed by atoms with E-state index in [0.29, 0.717) is 19.4 Å². The second-order valence-electron chi connectivity index (χ2n) is 10.3. The third kappa shape index (κ3) is 8.37. The van der Waals surface area contributed by atoms with Gasteiger partial charge in [0, 0.05) is 6.42 Å². The van der Waals surface area contributed by atoms with Gasteiger partial charge >= 0.3 is 5.97 Å². The maximum absolute atomic E-state index is 12.8. The van der Waals surface area contributed by atoms with Crippen LogP contribution in [0, 0.1) is 18.8 Å². The Balaban J connectivity index is 1.38. The normalized spacial score (nSPS) is 19.2. The molecule has 0 spiro atoms. The first-order chi connectivity index (χ1) is 19.4. The van der Waals surface area contributed by atoms with E-state index in [1.165, 1.54) is 12.7 Å². The minimum atomic E-state index is -3.84. The molecule has 1 fully saturated rings. The first-order valence-corrected chi connectivity index (χ1v) is 15.2. The number of carbonyl (C=O) groups excluding carboxylic acids is 1. The number of methoxy groups -OCH3 is 1. The summed E-state index contributed by atoms with van der Waals surface area (Å²) in [5.74, 6) is -0.0975. The topological polar surface area (TPSA) is 78.9 Å². The molecule has 4 rings (SSSR count). The predicted molar refractivity (Wildman–Crippen MR) is 156 cm³/mol. The van der Waals surface area contributed by atoms with Gasteiger partial charge in [-0.3, -0.25) is 8.98 Å².